The molecule has 1 heterocycles. The maximum absolute atomic E-state index is 13.5. The fourth-order valence-electron chi connectivity index (χ4n) is 4.14. The van der Waals surface area contributed by atoms with Gasteiger partial charge in [-0.1, -0.05) is 72.8 Å². The summed E-state index contributed by atoms with van der Waals surface area (Å²) in [5.41, 5.74) is 6.75. The highest BCUT2D eigenvalue weighted by molar-refractivity contribution is 6.08. The maximum atomic E-state index is 13.5. The van der Waals surface area contributed by atoms with Gasteiger partial charge in [0.1, 0.15) is 5.60 Å². The Kier molecular flexibility index (Phi) is 4.40. The molecule has 1 amide bonds. The topological polar surface area (TPSA) is 67.9 Å². The normalized spacial score (nSPS) is 26.9. The number of hydrogen-bond donors (Lipinski definition) is 1. The number of allylic oxidation sites excluding steroid dienone is 2. The Morgan fingerprint density at radius 3 is 2.29 bits per heavy atom. The molecule has 2 aromatic rings. The van der Waals surface area contributed by atoms with Crippen molar-refractivity contribution in [3.05, 3.63) is 90.0 Å². The van der Waals surface area contributed by atoms with Crippen LogP contribution >= 0.6 is 0 Å². The van der Waals surface area contributed by atoms with E-state index >= 15 is 0 Å². The highest BCUT2D eigenvalue weighted by Gasteiger charge is 2.62. The fraction of sp³-hybridized carbons (Fsp3) is 0.217. The van der Waals surface area contributed by atoms with E-state index in [9.17, 15) is 4.79 Å². The number of hydrogen-bond acceptors (Lipinski definition) is 4. The summed E-state index contributed by atoms with van der Waals surface area (Å²) < 4.78 is 6.10. The van der Waals surface area contributed by atoms with Gasteiger partial charge in [-0.25, -0.2) is 4.99 Å². The predicted octanol–water partition coefficient (Wildman–Crippen LogP) is 3.10. The molecule has 5 nitrogen and oxygen atoms in total. The first kappa shape index (κ1) is 18.2. The summed E-state index contributed by atoms with van der Waals surface area (Å²) in [6.45, 7) is 0. The first-order valence-corrected chi connectivity index (χ1v) is 9.22. The van der Waals surface area contributed by atoms with Gasteiger partial charge in [-0.05, 0) is 22.8 Å². The highest BCUT2D eigenvalue weighted by atomic mass is 16.5. The second kappa shape index (κ2) is 6.77. The Morgan fingerprint density at radius 1 is 1.07 bits per heavy atom. The van der Waals surface area contributed by atoms with Crippen LogP contribution in [0.15, 0.2) is 83.9 Å². The van der Waals surface area contributed by atoms with E-state index < -0.39 is 11.1 Å². The molecule has 5 heteroatoms. The molecule has 0 radical (unpaired) electrons. The molecule has 0 bridgehead atoms. The lowest BCUT2D eigenvalue weighted by molar-refractivity contribution is -0.140. The van der Waals surface area contributed by atoms with Crippen LogP contribution in [-0.4, -0.2) is 36.5 Å². The van der Waals surface area contributed by atoms with E-state index in [-0.39, 0.29) is 11.9 Å². The van der Waals surface area contributed by atoms with E-state index in [0.29, 0.717) is 6.42 Å². The van der Waals surface area contributed by atoms with Crippen molar-refractivity contribution >= 4 is 17.4 Å². The zero-order valence-corrected chi connectivity index (χ0v) is 16.0. The first-order valence-electron chi connectivity index (χ1n) is 9.22. The zero-order chi connectivity index (χ0) is 19.8. The number of guanidine groups is 1. The molecule has 2 aromatic carbocycles. The van der Waals surface area contributed by atoms with Gasteiger partial charge in [0, 0.05) is 20.6 Å². The molecule has 28 heavy (non-hydrogen) atoms. The lowest BCUT2D eigenvalue weighted by Gasteiger charge is -2.44. The molecule has 0 fully saturated rings. The number of nitrogens with two attached hydrogens (primary N) is 1. The van der Waals surface area contributed by atoms with Crippen LogP contribution < -0.4 is 5.73 Å². The molecule has 2 unspecified atom stereocenters. The van der Waals surface area contributed by atoms with Gasteiger partial charge in [-0.2, -0.15) is 0 Å². The summed E-state index contributed by atoms with van der Waals surface area (Å²) in [6, 6.07) is 19.6. The monoisotopic (exact) mass is 373 g/mol. The number of methoxy groups -OCH3 is 1. The van der Waals surface area contributed by atoms with Crippen LogP contribution in [0.3, 0.4) is 0 Å². The number of ether oxygens (including phenoxy) is 1. The Bertz CT molecular complexity index is 981. The largest absolute Gasteiger partial charge is 0.370 e. The SMILES string of the molecule is COC1(C2(c3ccccc3)N=C(N)N(C)C2=O)C=CC=C(c2ccccc2)C1. The second-order valence-electron chi connectivity index (χ2n) is 7.10. The molecule has 4 rings (SSSR count). The molecular weight excluding hydrogens is 350 g/mol. The highest BCUT2D eigenvalue weighted by Crippen LogP contribution is 2.50. The van der Waals surface area contributed by atoms with Crippen LogP contribution in [-0.2, 0) is 15.1 Å². The number of rotatable bonds is 4. The number of aliphatic imine (C=N–C) groups is 1. The average molecular weight is 373 g/mol. The minimum Gasteiger partial charge on any atom is -0.370 e. The first-order chi connectivity index (χ1) is 13.5. The average Bonchev–Trinajstić information content (AvgIpc) is 3.00. The van der Waals surface area contributed by atoms with Crippen molar-refractivity contribution < 1.29 is 9.53 Å². The number of likely N-dealkylation sites (N-methyl/N-ethyl adjacent to an activating group) is 1. The molecule has 0 saturated carbocycles. The molecule has 1 aliphatic heterocycles. The van der Waals surface area contributed by atoms with Crippen molar-refractivity contribution in [2.24, 2.45) is 10.7 Å². The number of amides is 1. The Labute approximate surface area is 164 Å². The summed E-state index contributed by atoms with van der Waals surface area (Å²) in [7, 11) is 3.27. The van der Waals surface area contributed by atoms with E-state index in [1.807, 2.05) is 60.7 Å². The van der Waals surface area contributed by atoms with Crippen molar-refractivity contribution in [3.8, 4) is 0 Å². The minimum atomic E-state index is -1.29. The summed E-state index contributed by atoms with van der Waals surface area (Å²) in [4.78, 5) is 19.7. The van der Waals surface area contributed by atoms with Crippen molar-refractivity contribution in [1.82, 2.24) is 4.90 Å². The molecule has 0 spiro atoms. The van der Waals surface area contributed by atoms with Crippen LogP contribution in [0.4, 0.5) is 0 Å². The fourth-order valence-corrected chi connectivity index (χ4v) is 4.14. The van der Waals surface area contributed by atoms with Gasteiger partial charge in [-0.15, -0.1) is 0 Å². The molecule has 2 aliphatic rings. The Hall–Kier alpha value is -3.18. The smallest absolute Gasteiger partial charge is 0.265 e. The number of benzene rings is 2. The van der Waals surface area contributed by atoms with Gasteiger partial charge in [0.15, 0.2) is 5.96 Å². The van der Waals surface area contributed by atoms with Gasteiger partial charge >= 0.3 is 0 Å². The third-order valence-electron chi connectivity index (χ3n) is 5.67. The van der Waals surface area contributed by atoms with E-state index in [4.69, 9.17) is 15.5 Å². The summed E-state index contributed by atoms with van der Waals surface area (Å²) in [6.07, 6.45) is 6.42. The standard InChI is InChI=1S/C23H23N3O2/c1-26-20(27)23(25-21(26)24,19-13-7-4-8-14-19)22(28-2)15-9-12-18(16-22)17-10-5-3-6-11-17/h3-15H,16H2,1-2H3,(H2,24,25). The molecule has 1 aliphatic carbocycles. The second-order valence-corrected chi connectivity index (χ2v) is 7.10. The van der Waals surface area contributed by atoms with Crippen molar-refractivity contribution in [3.63, 3.8) is 0 Å². The summed E-state index contributed by atoms with van der Waals surface area (Å²) >= 11 is 0. The van der Waals surface area contributed by atoms with Crippen molar-refractivity contribution in [2.75, 3.05) is 14.2 Å². The third kappa shape index (κ3) is 2.51. The van der Waals surface area contributed by atoms with Gasteiger partial charge in [-0.3, -0.25) is 9.69 Å². The number of carbonyl (C=O) groups excluding carboxylic acids is 1. The molecule has 0 aromatic heterocycles. The summed E-state index contributed by atoms with van der Waals surface area (Å²) in [5, 5.41) is 0. The lowest BCUT2D eigenvalue weighted by Crippen LogP contribution is -2.57. The van der Waals surface area contributed by atoms with Crippen LogP contribution in [0, 0.1) is 0 Å². The number of carbonyl (C=O) groups is 1. The molecule has 2 atom stereocenters. The summed E-state index contributed by atoms with van der Waals surface area (Å²) in [5.74, 6) is -0.00787. The van der Waals surface area contributed by atoms with Crippen LogP contribution in [0.5, 0.6) is 0 Å². The van der Waals surface area contributed by atoms with Gasteiger partial charge in [0.05, 0.1) is 0 Å². The quantitative estimate of drug-likeness (QED) is 0.895. The Morgan fingerprint density at radius 2 is 1.71 bits per heavy atom. The van der Waals surface area contributed by atoms with E-state index in [2.05, 4.69) is 18.2 Å². The molecule has 0 saturated heterocycles. The molecule has 142 valence electrons. The van der Waals surface area contributed by atoms with Crippen LogP contribution in [0.25, 0.3) is 5.57 Å². The van der Waals surface area contributed by atoms with Gasteiger partial charge in [0.25, 0.3) is 5.91 Å². The lowest BCUT2D eigenvalue weighted by atomic mass is 9.68. The van der Waals surface area contributed by atoms with Crippen molar-refractivity contribution in [2.45, 2.75) is 17.6 Å². The van der Waals surface area contributed by atoms with E-state index in [0.717, 1.165) is 16.7 Å². The van der Waals surface area contributed by atoms with Gasteiger partial charge in [0.2, 0.25) is 5.54 Å². The Balaban J connectivity index is 1.90. The predicted molar refractivity (Wildman–Crippen MR) is 110 cm³/mol. The maximum Gasteiger partial charge on any atom is 0.265 e. The van der Waals surface area contributed by atoms with Crippen LogP contribution in [0.2, 0.25) is 0 Å². The van der Waals surface area contributed by atoms with Crippen molar-refractivity contribution in [1.29, 1.82) is 0 Å². The van der Waals surface area contributed by atoms with E-state index in [1.54, 1.807) is 14.2 Å². The number of nitrogens with zero attached hydrogens (tertiary/aromatic N) is 2. The van der Waals surface area contributed by atoms with Crippen LogP contribution in [0.1, 0.15) is 17.5 Å². The molecule has 2 N–H and O–H groups in total. The minimum absolute atomic E-state index is 0.189. The zero-order valence-electron chi connectivity index (χ0n) is 16.0. The van der Waals surface area contributed by atoms with Gasteiger partial charge < -0.3 is 10.5 Å². The molecular formula is C23H23N3O2. The van der Waals surface area contributed by atoms with E-state index in [1.165, 1.54) is 4.90 Å². The third-order valence-corrected chi connectivity index (χ3v) is 5.67.